The molecule has 0 saturated heterocycles. The van der Waals surface area contributed by atoms with Crippen LogP contribution in [0, 0.1) is 18.3 Å². The number of benzene rings is 4. The molecule has 0 N–H and O–H groups in total. The Morgan fingerprint density at radius 2 is 1.35 bits per heavy atom. The highest BCUT2D eigenvalue weighted by atomic mass is 16.3. The Hall–Kier alpha value is -4.68. The fraction of sp³-hybridized carbons (Fsp3) is 0.189. The Labute approximate surface area is 234 Å². The third-order valence-electron chi connectivity index (χ3n) is 8.69. The first-order valence-electron chi connectivity index (χ1n) is 14.2. The van der Waals surface area contributed by atoms with Gasteiger partial charge in [-0.25, -0.2) is 4.57 Å². The van der Waals surface area contributed by atoms with Gasteiger partial charge in [0.15, 0.2) is 6.20 Å². The van der Waals surface area contributed by atoms with Crippen LogP contribution >= 0.6 is 0 Å². The summed E-state index contributed by atoms with van der Waals surface area (Å²) in [4.78, 5) is 0. The van der Waals surface area contributed by atoms with E-state index >= 15 is 0 Å². The molecular formula is C37H31N2O+. The molecule has 0 amide bonds. The molecule has 0 radical (unpaired) electrons. The average molecular weight is 520 g/mol. The van der Waals surface area contributed by atoms with Crippen molar-refractivity contribution in [2.75, 3.05) is 0 Å². The van der Waals surface area contributed by atoms with Crippen molar-refractivity contribution in [1.82, 2.24) is 0 Å². The Kier molecular flexibility index (Phi) is 5.98. The lowest BCUT2D eigenvalue weighted by Gasteiger charge is -2.11. The van der Waals surface area contributed by atoms with E-state index in [1.807, 2.05) is 18.2 Å². The van der Waals surface area contributed by atoms with Gasteiger partial charge in [-0.2, -0.15) is 5.26 Å². The summed E-state index contributed by atoms with van der Waals surface area (Å²) in [6.45, 7) is 2.12. The molecule has 0 aliphatic heterocycles. The van der Waals surface area contributed by atoms with Crippen LogP contribution in [0.1, 0.15) is 48.3 Å². The zero-order chi connectivity index (χ0) is 27.2. The molecule has 6 aromatic rings. The minimum atomic E-state index is 0.615. The van der Waals surface area contributed by atoms with Crippen molar-refractivity contribution < 1.29 is 8.98 Å². The van der Waals surface area contributed by atoms with Gasteiger partial charge in [-0.15, -0.1) is 0 Å². The molecule has 1 fully saturated rings. The van der Waals surface area contributed by atoms with Crippen molar-refractivity contribution in [1.29, 1.82) is 5.26 Å². The molecule has 0 spiro atoms. The molecule has 0 atom stereocenters. The van der Waals surface area contributed by atoms with Crippen LogP contribution in [0.5, 0.6) is 0 Å². The summed E-state index contributed by atoms with van der Waals surface area (Å²) in [6, 6.07) is 34.5. The first-order valence-corrected chi connectivity index (χ1v) is 14.2. The Bertz CT molecular complexity index is 1920. The zero-order valence-corrected chi connectivity index (χ0v) is 22.9. The van der Waals surface area contributed by atoms with E-state index in [0.29, 0.717) is 5.56 Å². The molecule has 194 valence electrons. The maximum Gasteiger partial charge on any atom is 0.216 e. The molecule has 4 aromatic carbocycles. The first kappa shape index (κ1) is 24.4. The molecule has 0 unspecified atom stereocenters. The second-order valence-electron chi connectivity index (χ2n) is 11.1. The van der Waals surface area contributed by atoms with E-state index in [1.165, 1.54) is 42.4 Å². The molecule has 0 bridgehead atoms. The molecule has 1 aliphatic carbocycles. The molecule has 40 heavy (non-hydrogen) atoms. The molecule has 3 nitrogen and oxygen atoms in total. The quantitative estimate of drug-likeness (QED) is 0.218. The number of aryl methyl sites for hydroxylation is 2. The highest BCUT2D eigenvalue weighted by Gasteiger charge is 2.23. The van der Waals surface area contributed by atoms with Crippen molar-refractivity contribution in [3.05, 3.63) is 114 Å². The van der Waals surface area contributed by atoms with Gasteiger partial charge in [-0.05, 0) is 71.7 Å². The Balaban J connectivity index is 1.34. The molecule has 7 rings (SSSR count). The number of hydrogen-bond acceptors (Lipinski definition) is 2. The van der Waals surface area contributed by atoms with Crippen LogP contribution in [0.15, 0.2) is 102 Å². The van der Waals surface area contributed by atoms with Crippen molar-refractivity contribution in [3.8, 4) is 39.6 Å². The van der Waals surface area contributed by atoms with E-state index < -0.39 is 0 Å². The summed E-state index contributed by atoms with van der Waals surface area (Å²) in [5.74, 6) is 0.721. The van der Waals surface area contributed by atoms with Gasteiger partial charge in [0.1, 0.15) is 18.2 Å². The number of pyridine rings is 1. The number of fused-ring (bicyclic) bond motifs is 3. The summed E-state index contributed by atoms with van der Waals surface area (Å²) in [6.07, 6.45) is 7.38. The van der Waals surface area contributed by atoms with E-state index in [9.17, 15) is 5.26 Å². The van der Waals surface area contributed by atoms with E-state index in [0.717, 1.165) is 55.8 Å². The fourth-order valence-electron chi connectivity index (χ4n) is 6.52. The van der Waals surface area contributed by atoms with Crippen LogP contribution in [0.4, 0.5) is 0 Å². The highest BCUT2D eigenvalue weighted by molar-refractivity contribution is 6.14. The Morgan fingerprint density at radius 3 is 2.02 bits per heavy atom. The van der Waals surface area contributed by atoms with Crippen molar-refractivity contribution in [2.45, 2.75) is 38.5 Å². The molecule has 3 heteroatoms. The van der Waals surface area contributed by atoms with E-state index in [-0.39, 0.29) is 0 Å². The van der Waals surface area contributed by atoms with Gasteiger partial charge in [0, 0.05) is 28.5 Å². The molecule has 2 aromatic heterocycles. The fourth-order valence-corrected chi connectivity index (χ4v) is 6.52. The lowest BCUT2D eigenvalue weighted by atomic mass is 9.93. The largest absolute Gasteiger partial charge is 0.454 e. The smallest absolute Gasteiger partial charge is 0.216 e. The number of rotatable bonds is 4. The number of aromatic nitrogens is 1. The minimum Gasteiger partial charge on any atom is -0.454 e. The predicted octanol–water partition coefficient (Wildman–Crippen LogP) is 9.25. The number of nitriles is 1. The predicted molar refractivity (Wildman–Crippen MR) is 162 cm³/mol. The van der Waals surface area contributed by atoms with Gasteiger partial charge in [0.25, 0.3) is 0 Å². The Morgan fingerprint density at radius 1 is 0.725 bits per heavy atom. The van der Waals surface area contributed by atoms with Crippen LogP contribution < -0.4 is 4.57 Å². The van der Waals surface area contributed by atoms with E-state index in [1.54, 1.807) is 0 Å². The number of nitrogens with zero attached hydrogens (tertiary/aromatic N) is 2. The van der Waals surface area contributed by atoms with Crippen molar-refractivity contribution >= 4 is 21.9 Å². The monoisotopic (exact) mass is 519 g/mol. The van der Waals surface area contributed by atoms with Crippen LogP contribution in [0.25, 0.3) is 55.4 Å². The lowest BCUT2D eigenvalue weighted by molar-refractivity contribution is -0.660. The lowest BCUT2D eigenvalue weighted by Crippen LogP contribution is -2.30. The third-order valence-corrected chi connectivity index (χ3v) is 8.69. The van der Waals surface area contributed by atoms with Crippen molar-refractivity contribution in [3.63, 3.8) is 0 Å². The van der Waals surface area contributed by atoms with Crippen LogP contribution in [0.2, 0.25) is 0 Å². The average Bonchev–Trinajstić information content (AvgIpc) is 3.66. The summed E-state index contributed by atoms with van der Waals surface area (Å²) in [5.41, 5.74) is 11.2. The standard InChI is InChI=1S/C37H31N2O/c1-24-10-20-31-32-21-19-30(23-38)35(37(32)40-36(31)34(24)33-9-5-6-22-39(33)2)29-17-15-28(16-18-29)27-13-11-26(12-14-27)25-7-3-4-8-25/h5-6,9-22,25H,3-4,7-8H2,1-2H3/q+1. The van der Waals surface area contributed by atoms with Gasteiger partial charge in [-0.1, -0.05) is 73.5 Å². The molecule has 1 aliphatic rings. The normalized spacial score (nSPS) is 13.7. The first-order chi connectivity index (χ1) is 19.6. The van der Waals surface area contributed by atoms with Crippen LogP contribution in [-0.4, -0.2) is 0 Å². The van der Waals surface area contributed by atoms with Gasteiger partial charge < -0.3 is 4.42 Å². The van der Waals surface area contributed by atoms with Crippen LogP contribution in [0.3, 0.4) is 0 Å². The van der Waals surface area contributed by atoms with Gasteiger partial charge in [0.2, 0.25) is 5.69 Å². The molecular weight excluding hydrogens is 488 g/mol. The van der Waals surface area contributed by atoms with E-state index in [2.05, 4.69) is 104 Å². The second kappa shape index (κ2) is 9.81. The second-order valence-corrected chi connectivity index (χ2v) is 11.1. The number of furan rings is 1. The third kappa shape index (κ3) is 4.00. The van der Waals surface area contributed by atoms with Crippen molar-refractivity contribution in [2.24, 2.45) is 7.05 Å². The van der Waals surface area contributed by atoms with Gasteiger partial charge in [-0.3, -0.25) is 0 Å². The SMILES string of the molecule is Cc1ccc2c(oc3c(-c4ccc(-c5ccc(C6CCCC6)cc5)cc4)c(C#N)ccc32)c1-c1cccc[n+]1C. The summed E-state index contributed by atoms with van der Waals surface area (Å²) < 4.78 is 8.83. The summed E-state index contributed by atoms with van der Waals surface area (Å²) >= 11 is 0. The van der Waals surface area contributed by atoms with Gasteiger partial charge in [0.05, 0.1) is 17.2 Å². The van der Waals surface area contributed by atoms with E-state index in [4.69, 9.17) is 4.42 Å². The molecule has 2 heterocycles. The highest BCUT2D eigenvalue weighted by Crippen LogP contribution is 2.42. The maximum atomic E-state index is 10.1. The minimum absolute atomic E-state index is 0.615. The summed E-state index contributed by atoms with van der Waals surface area (Å²) in [7, 11) is 2.05. The maximum absolute atomic E-state index is 10.1. The zero-order valence-electron chi connectivity index (χ0n) is 22.9. The molecule has 1 saturated carbocycles. The number of hydrogen-bond donors (Lipinski definition) is 0. The van der Waals surface area contributed by atoms with Crippen LogP contribution in [-0.2, 0) is 7.05 Å². The van der Waals surface area contributed by atoms with Gasteiger partial charge >= 0.3 is 0 Å². The topological polar surface area (TPSA) is 40.8 Å². The summed E-state index contributed by atoms with van der Waals surface area (Å²) in [5, 5.41) is 12.2.